The molecule has 0 saturated carbocycles. The van der Waals surface area contributed by atoms with Crippen LogP contribution in [0, 0.1) is 0 Å². The number of nitrogens with one attached hydrogen (secondary N) is 1. The molecule has 1 aromatic rings. The van der Waals surface area contributed by atoms with E-state index >= 15 is 0 Å². The van der Waals surface area contributed by atoms with Crippen molar-refractivity contribution >= 4 is 27.3 Å². The lowest BCUT2D eigenvalue weighted by molar-refractivity contribution is -0.127. The molecule has 0 aliphatic carbocycles. The number of thiophene rings is 1. The smallest absolute Gasteiger partial charge is 0.253 e. The van der Waals surface area contributed by atoms with Gasteiger partial charge in [-0.25, -0.2) is 8.42 Å². The lowest BCUT2D eigenvalue weighted by atomic mass is 10.0. The van der Waals surface area contributed by atoms with Crippen molar-refractivity contribution in [1.82, 2.24) is 9.62 Å². The molecule has 0 bridgehead atoms. The van der Waals surface area contributed by atoms with Crippen LogP contribution >= 0.6 is 11.3 Å². The van der Waals surface area contributed by atoms with Gasteiger partial charge in [-0.2, -0.15) is 4.31 Å². The molecule has 134 valence electrons. The standard InChI is InChI=1S/C16H24N2O4S2/c1-12(14-7-4-10-22-14)17-16(19)13-6-2-3-9-18(13)24(20,21)15-8-5-11-23-15/h5,8,11-14H,2-4,6-7,9-10H2,1H3,(H,17,19)/t12-,13-,14+/m0/s1. The average molecular weight is 373 g/mol. The molecule has 6 nitrogen and oxygen atoms in total. The molecule has 8 heteroatoms. The zero-order valence-electron chi connectivity index (χ0n) is 13.8. The van der Waals surface area contributed by atoms with E-state index in [0.29, 0.717) is 17.2 Å². The summed E-state index contributed by atoms with van der Waals surface area (Å²) in [6, 6.07) is 2.58. The number of rotatable bonds is 5. The molecule has 0 radical (unpaired) electrons. The van der Waals surface area contributed by atoms with Crippen molar-refractivity contribution in [2.45, 2.75) is 61.4 Å². The number of carbonyl (C=O) groups is 1. The van der Waals surface area contributed by atoms with Gasteiger partial charge in [0.05, 0.1) is 12.1 Å². The minimum absolute atomic E-state index is 0.0277. The molecule has 2 aliphatic rings. The highest BCUT2D eigenvalue weighted by atomic mass is 32.2. The third-order valence-electron chi connectivity index (χ3n) is 4.71. The summed E-state index contributed by atoms with van der Waals surface area (Å²) in [5.41, 5.74) is 0. The van der Waals surface area contributed by atoms with E-state index in [0.717, 1.165) is 32.3 Å². The van der Waals surface area contributed by atoms with Gasteiger partial charge in [0.15, 0.2) is 0 Å². The predicted octanol–water partition coefficient (Wildman–Crippen LogP) is 1.97. The Hall–Kier alpha value is -0.960. The van der Waals surface area contributed by atoms with Crippen LogP contribution in [0.2, 0.25) is 0 Å². The summed E-state index contributed by atoms with van der Waals surface area (Å²) in [5, 5.41) is 4.71. The molecule has 2 aliphatic heterocycles. The molecule has 1 aromatic heterocycles. The number of hydrogen-bond acceptors (Lipinski definition) is 5. The monoisotopic (exact) mass is 372 g/mol. The summed E-state index contributed by atoms with van der Waals surface area (Å²) in [6.07, 6.45) is 4.18. The Bertz CT molecular complexity index is 654. The van der Waals surface area contributed by atoms with Crippen molar-refractivity contribution < 1.29 is 17.9 Å². The van der Waals surface area contributed by atoms with Gasteiger partial charge in [-0.05, 0) is 44.1 Å². The highest BCUT2D eigenvalue weighted by Crippen LogP contribution is 2.28. The largest absolute Gasteiger partial charge is 0.376 e. The third-order valence-corrected chi connectivity index (χ3v) is 7.99. The van der Waals surface area contributed by atoms with E-state index in [1.54, 1.807) is 17.5 Å². The Morgan fingerprint density at radius 2 is 2.21 bits per heavy atom. The molecule has 0 aromatic carbocycles. The summed E-state index contributed by atoms with van der Waals surface area (Å²) in [6.45, 7) is 3.05. The van der Waals surface area contributed by atoms with Crippen LogP contribution in [0.5, 0.6) is 0 Å². The van der Waals surface area contributed by atoms with Crippen LogP contribution in [0.3, 0.4) is 0 Å². The van der Waals surface area contributed by atoms with Crippen LogP contribution in [0.15, 0.2) is 21.7 Å². The van der Waals surface area contributed by atoms with Gasteiger partial charge in [0.25, 0.3) is 10.0 Å². The maximum Gasteiger partial charge on any atom is 0.253 e. The van der Waals surface area contributed by atoms with Crippen molar-refractivity contribution in [3.63, 3.8) is 0 Å². The predicted molar refractivity (Wildman–Crippen MR) is 92.4 cm³/mol. The number of carbonyl (C=O) groups excluding carboxylic acids is 1. The van der Waals surface area contributed by atoms with E-state index in [4.69, 9.17) is 4.74 Å². The normalized spacial score (nSPS) is 27.0. The topological polar surface area (TPSA) is 75.7 Å². The molecular formula is C16H24N2O4S2. The van der Waals surface area contributed by atoms with E-state index in [-0.39, 0.29) is 18.1 Å². The van der Waals surface area contributed by atoms with Gasteiger partial charge in [-0.15, -0.1) is 11.3 Å². The minimum atomic E-state index is -3.61. The fraction of sp³-hybridized carbons (Fsp3) is 0.688. The zero-order chi connectivity index (χ0) is 17.2. The van der Waals surface area contributed by atoms with Gasteiger partial charge in [0.2, 0.25) is 5.91 Å². The minimum Gasteiger partial charge on any atom is -0.376 e. The molecule has 2 fully saturated rings. The second-order valence-electron chi connectivity index (χ2n) is 6.41. The number of hydrogen-bond donors (Lipinski definition) is 1. The third kappa shape index (κ3) is 3.66. The highest BCUT2D eigenvalue weighted by molar-refractivity contribution is 7.91. The Morgan fingerprint density at radius 1 is 1.38 bits per heavy atom. The van der Waals surface area contributed by atoms with Gasteiger partial charge in [-0.1, -0.05) is 12.5 Å². The van der Waals surface area contributed by atoms with Crippen LogP contribution in [0.4, 0.5) is 0 Å². The summed E-state index contributed by atoms with van der Waals surface area (Å²) in [5.74, 6) is -0.210. The number of nitrogens with zero attached hydrogens (tertiary/aromatic N) is 1. The van der Waals surface area contributed by atoms with Crippen molar-refractivity contribution in [2.24, 2.45) is 0 Å². The fourth-order valence-corrected chi connectivity index (χ4v) is 6.17. The van der Waals surface area contributed by atoms with Crippen LogP contribution in [-0.2, 0) is 19.6 Å². The van der Waals surface area contributed by atoms with E-state index in [1.807, 2.05) is 6.92 Å². The molecule has 24 heavy (non-hydrogen) atoms. The summed E-state index contributed by atoms with van der Waals surface area (Å²) >= 11 is 1.19. The van der Waals surface area contributed by atoms with Crippen molar-refractivity contribution in [1.29, 1.82) is 0 Å². The average Bonchev–Trinajstić information content (AvgIpc) is 3.28. The Morgan fingerprint density at radius 3 is 2.88 bits per heavy atom. The zero-order valence-corrected chi connectivity index (χ0v) is 15.4. The van der Waals surface area contributed by atoms with Gasteiger partial charge in [-0.3, -0.25) is 4.79 Å². The number of ether oxygens (including phenoxy) is 1. The first-order chi connectivity index (χ1) is 11.5. The second kappa shape index (κ2) is 7.51. The van der Waals surface area contributed by atoms with Gasteiger partial charge < -0.3 is 10.1 Å². The van der Waals surface area contributed by atoms with Crippen molar-refractivity contribution in [3.8, 4) is 0 Å². The van der Waals surface area contributed by atoms with Crippen molar-refractivity contribution in [3.05, 3.63) is 17.5 Å². The molecule has 1 amide bonds. The molecular weight excluding hydrogens is 348 g/mol. The molecule has 3 rings (SSSR count). The molecule has 1 N–H and O–H groups in total. The molecule has 3 heterocycles. The Kier molecular flexibility index (Phi) is 5.59. The molecule has 2 saturated heterocycles. The summed E-state index contributed by atoms with van der Waals surface area (Å²) in [7, 11) is -3.61. The second-order valence-corrected chi connectivity index (χ2v) is 9.47. The van der Waals surface area contributed by atoms with E-state index in [9.17, 15) is 13.2 Å². The maximum absolute atomic E-state index is 12.8. The molecule has 3 atom stereocenters. The quantitative estimate of drug-likeness (QED) is 0.857. The van der Waals surface area contributed by atoms with Gasteiger partial charge >= 0.3 is 0 Å². The van der Waals surface area contributed by atoms with Gasteiger partial charge in [0, 0.05) is 13.2 Å². The summed E-state index contributed by atoms with van der Waals surface area (Å²) < 4.78 is 33.0. The SMILES string of the molecule is C[C@H](NC(=O)[C@@H]1CCCCN1S(=O)(=O)c1cccs1)[C@H]1CCCO1. The fourth-order valence-electron chi connectivity index (χ4n) is 3.39. The number of sulfonamides is 1. The molecule has 0 unspecified atom stereocenters. The van der Waals surface area contributed by atoms with E-state index in [2.05, 4.69) is 5.32 Å². The number of piperidine rings is 1. The number of amides is 1. The highest BCUT2D eigenvalue weighted by Gasteiger charge is 2.39. The molecule has 0 spiro atoms. The first-order valence-electron chi connectivity index (χ1n) is 8.47. The van der Waals surface area contributed by atoms with Crippen LogP contribution in [0.1, 0.15) is 39.0 Å². The summed E-state index contributed by atoms with van der Waals surface area (Å²) in [4.78, 5) is 12.7. The van der Waals surface area contributed by atoms with E-state index in [1.165, 1.54) is 15.6 Å². The Balaban J connectivity index is 1.73. The lowest BCUT2D eigenvalue weighted by Crippen LogP contribution is -2.54. The van der Waals surface area contributed by atoms with Crippen LogP contribution in [-0.4, -0.2) is 50.0 Å². The van der Waals surface area contributed by atoms with Crippen molar-refractivity contribution in [2.75, 3.05) is 13.2 Å². The first kappa shape index (κ1) is 17.8. The van der Waals surface area contributed by atoms with Crippen LogP contribution in [0.25, 0.3) is 0 Å². The van der Waals surface area contributed by atoms with E-state index < -0.39 is 16.1 Å². The lowest BCUT2D eigenvalue weighted by Gasteiger charge is -2.34. The Labute approximate surface area is 147 Å². The van der Waals surface area contributed by atoms with Crippen LogP contribution < -0.4 is 5.32 Å². The maximum atomic E-state index is 12.8. The van der Waals surface area contributed by atoms with Gasteiger partial charge in [0.1, 0.15) is 10.3 Å². The first-order valence-corrected chi connectivity index (χ1v) is 10.8.